The fourth-order valence-corrected chi connectivity index (χ4v) is 2.92. The summed E-state index contributed by atoms with van der Waals surface area (Å²) in [5.41, 5.74) is 6.83. The molecule has 1 aromatic heterocycles. The van der Waals surface area contributed by atoms with Gasteiger partial charge < -0.3 is 5.32 Å². The fraction of sp³-hybridized carbons (Fsp3) is 0.182. The van der Waals surface area contributed by atoms with Gasteiger partial charge in [0.15, 0.2) is 5.78 Å². The first-order chi connectivity index (χ1) is 12.0. The lowest BCUT2D eigenvalue weighted by molar-refractivity contribution is 0.101. The first-order valence-electron chi connectivity index (χ1n) is 8.37. The number of carbonyl (C=O) groups is 1. The van der Waals surface area contributed by atoms with E-state index >= 15 is 0 Å². The topological polar surface area (TPSA) is 42.0 Å². The summed E-state index contributed by atoms with van der Waals surface area (Å²) in [7, 11) is 1.80. The number of ketones is 1. The van der Waals surface area contributed by atoms with E-state index in [1.54, 1.807) is 14.0 Å². The van der Waals surface area contributed by atoms with Crippen molar-refractivity contribution >= 4 is 11.6 Å². The highest BCUT2D eigenvalue weighted by Gasteiger charge is 2.18. The normalized spacial score (nSPS) is 10.6. The van der Waals surface area contributed by atoms with Crippen molar-refractivity contribution in [3.05, 3.63) is 71.3 Å². The highest BCUT2D eigenvalue weighted by Crippen LogP contribution is 2.33. The summed E-state index contributed by atoms with van der Waals surface area (Å²) in [5, 5.41) is 3.09. The van der Waals surface area contributed by atoms with Crippen molar-refractivity contribution in [1.82, 2.24) is 4.98 Å². The maximum absolute atomic E-state index is 12.3. The van der Waals surface area contributed by atoms with Crippen LogP contribution in [0.25, 0.3) is 22.4 Å². The third-order valence-corrected chi connectivity index (χ3v) is 4.32. The molecule has 0 radical (unpaired) electrons. The lowest BCUT2D eigenvalue weighted by Crippen LogP contribution is -2.06. The minimum Gasteiger partial charge on any atom is -0.373 e. The van der Waals surface area contributed by atoms with Gasteiger partial charge in [-0.15, -0.1) is 0 Å². The molecule has 0 aliphatic heterocycles. The predicted molar refractivity (Wildman–Crippen MR) is 104 cm³/mol. The van der Waals surface area contributed by atoms with Crippen LogP contribution in [0.5, 0.6) is 0 Å². The monoisotopic (exact) mass is 330 g/mol. The van der Waals surface area contributed by atoms with Gasteiger partial charge in [-0.05, 0) is 38.0 Å². The van der Waals surface area contributed by atoms with Crippen LogP contribution < -0.4 is 5.32 Å². The molecule has 2 aromatic carbocycles. The molecule has 126 valence electrons. The summed E-state index contributed by atoms with van der Waals surface area (Å²) in [6.45, 7) is 5.70. The molecule has 3 aromatic rings. The van der Waals surface area contributed by atoms with Crippen LogP contribution in [0.1, 0.15) is 28.4 Å². The maximum Gasteiger partial charge on any atom is 0.164 e. The first-order valence-corrected chi connectivity index (χ1v) is 8.37. The molecule has 0 aliphatic carbocycles. The largest absolute Gasteiger partial charge is 0.373 e. The van der Waals surface area contributed by atoms with Crippen LogP contribution in [0, 0.1) is 13.8 Å². The summed E-state index contributed by atoms with van der Waals surface area (Å²) in [6.07, 6.45) is 0. The second kappa shape index (κ2) is 6.89. The fourth-order valence-electron chi connectivity index (χ4n) is 2.92. The number of benzene rings is 2. The molecule has 0 saturated carbocycles. The quantitative estimate of drug-likeness (QED) is 0.662. The summed E-state index contributed by atoms with van der Waals surface area (Å²) >= 11 is 0. The number of hydrogen-bond acceptors (Lipinski definition) is 3. The number of nitrogens with zero attached hydrogens (tertiary/aromatic N) is 1. The van der Waals surface area contributed by atoms with E-state index in [9.17, 15) is 4.79 Å². The van der Waals surface area contributed by atoms with Gasteiger partial charge in [0.25, 0.3) is 0 Å². The lowest BCUT2D eigenvalue weighted by Gasteiger charge is -2.15. The van der Waals surface area contributed by atoms with Crippen molar-refractivity contribution in [3.8, 4) is 22.4 Å². The molecule has 0 spiro atoms. The third kappa shape index (κ3) is 3.45. The van der Waals surface area contributed by atoms with E-state index in [0.717, 1.165) is 22.4 Å². The van der Waals surface area contributed by atoms with Gasteiger partial charge in [-0.25, -0.2) is 4.98 Å². The van der Waals surface area contributed by atoms with Gasteiger partial charge in [0, 0.05) is 12.6 Å². The van der Waals surface area contributed by atoms with Crippen LogP contribution in [-0.2, 0) is 0 Å². The van der Waals surface area contributed by atoms with Crippen molar-refractivity contribution in [1.29, 1.82) is 0 Å². The molecular weight excluding hydrogens is 308 g/mol. The van der Waals surface area contributed by atoms with E-state index in [1.165, 1.54) is 11.1 Å². The van der Waals surface area contributed by atoms with Crippen LogP contribution in [0.2, 0.25) is 0 Å². The molecule has 3 rings (SSSR count). The van der Waals surface area contributed by atoms with Gasteiger partial charge in [-0.2, -0.15) is 0 Å². The SMILES string of the molecule is CNc1nc(-c2ccc(C)cc2)cc(-c2ccc(C)cc2)c1C(C)=O. The Labute approximate surface area is 148 Å². The molecule has 1 heterocycles. The van der Waals surface area contributed by atoms with Crippen LogP contribution >= 0.6 is 0 Å². The second-order valence-electron chi connectivity index (χ2n) is 6.32. The molecule has 0 bridgehead atoms. The number of carbonyl (C=O) groups excluding carboxylic acids is 1. The van der Waals surface area contributed by atoms with Crippen LogP contribution in [0.3, 0.4) is 0 Å². The highest BCUT2D eigenvalue weighted by atomic mass is 16.1. The number of nitrogens with one attached hydrogen (secondary N) is 1. The van der Waals surface area contributed by atoms with Crippen LogP contribution in [-0.4, -0.2) is 17.8 Å². The molecule has 0 saturated heterocycles. The van der Waals surface area contributed by atoms with Crippen LogP contribution in [0.15, 0.2) is 54.6 Å². The van der Waals surface area contributed by atoms with Crippen LogP contribution in [0.4, 0.5) is 5.82 Å². The van der Waals surface area contributed by atoms with Crippen molar-refractivity contribution in [2.45, 2.75) is 20.8 Å². The zero-order valence-corrected chi connectivity index (χ0v) is 15.1. The van der Waals surface area contributed by atoms with E-state index in [4.69, 9.17) is 0 Å². The van der Waals surface area contributed by atoms with E-state index in [2.05, 4.69) is 72.7 Å². The average molecular weight is 330 g/mol. The Morgan fingerprint density at radius 2 is 1.40 bits per heavy atom. The molecule has 3 heteroatoms. The minimum atomic E-state index is 0.00267. The molecule has 0 atom stereocenters. The van der Waals surface area contributed by atoms with Crippen molar-refractivity contribution in [2.75, 3.05) is 12.4 Å². The molecule has 25 heavy (non-hydrogen) atoms. The molecule has 0 fully saturated rings. The first kappa shape index (κ1) is 16.9. The molecule has 3 nitrogen and oxygen atoms in total. The van der Waals surface area contributed by atoms with E-state index in [1.807, 2.05) is 6.07 Å². The molecule has 0 unspecified atom stereocenters. The molecule has 0 aliphatic rings. The Bertz CT molecular complexity index is 910. The van der Waals surface area contributed by atoms with E-state index in [0.29, 0.717) is 11.4 Å². The number of aryl methyl sites for hydroxylation is 2. The summed E-state index contributed by atoms with van der Waals surface area (Å²) < 4.78 is 0. The Hall–Kier alpha value is -2.94. The number of Topliss-reactive ketones (excluding diaryl/α,β-unsaturated/α-hetero) is 1. The summed E-state index contributed by atoms with van der Waals surface area (Å²) in [5.74, 6) is 0.615. The second-order valence-corrected chi connectivity index (χ2v) is 6.32. The third-order valence-electron chi connectivity index (χ3n) is 4.32. The van der Waals surface area contributed by atoms with E-state index in [-0.39, 0.29) is 5.78 Å². The zero-order chi connectivity index (χ0) is 18.0. The highest BCUT2D eigenvalue weighted by molar-refractivity contribution is 6.05. The summed E-state index contributed by atoms with van der Waals surface area (Å²) in [4.78, 5) is 17.0. The molecule has 1 N–H and O–H groups in total. The van der Waals surface area contributed by atoms with Crippen molar-refractivity contribution in [3.63, 3.8) is 0 Å². The molecular formula is C22H22N2O. The standard InChI is InChI=1S/C22H22N2O/c1-14-5-9-17(10-6-14)19-13-20(18-11-7-15(2)8-12-18)24-22(23-4)21(19)16(3)25/h5-13H,1-4H3,(H,23,24). The number of aromatic nitrogens is 1. The average Bonchev–Trinajstić information content (AvgIpc) is 2.61. The Balaban J connectivity index is 2.26. The van der Waals surface area contributed by atoms with Gasteiger partial charge in [0.1, 0.15) is 5.82 Å². The molecule has 0 amide bonds. The number of rotatable bonds is 4. The minimum absolute atomic E-state index is 0.00267. The number of hydrogen-bond donors (Lipinski definition) is 1. The number of anilines is 1. The van der Waals surface area contributed by atoms with Crippen molar-refractivity contribution < 1.29 is 4.79 Å². The van der Waals surface area contributed by atoms with Crippen molar-refractivity contribution in [2.24, 2.45) is 0 Å². The van der Waals surface area contributed by atoms with Gasteiger partial charge >= 0.3 is 0 Å². The Morgan fingerprint density at radius 3 is 1.88 bits per heavy atom. The van der Waals surface area contributed by atoms with Gasteiger partial charge in [0.2, 0.25) is 0 Å². The number of pyridine rings is 1. The van der Waals surface area contributed by atoms with Gasteiger partial charge in [-0.3, -0.25) is 4.79 Å². The Kier molecular flexibility index (Phi) is 4.66. The van der Waals surface area contributed by atoms with Gasteiger partial charge in [-0.1, -0.05) is 59.7 Å². The van der Waals surface area contributed by atoms with E-state index < -0.39 is 0 Å². The van der Waals surface area contributed by atoms with Gasteiger partial charge in [0.05, 0.1) is 11.3 Å². The maximum atomic E-state index is 12.3. The Morgan fingerprint density at radius 1 is 0.880 bits per heavy atom. The predicted octanol–water partition coefficient (Wildman–Crippen LogP) is 5.28. The zero-order valence-electron chi connectivity index (χ0n) is 15.1. The smallest absolute Gasteiger partial charge is 0.164 e. The summed E-state index contributed by atoms with van der Waals surface area (Å²) in [6, 6.07) is 18.5. The lowest BCUT2D eigenvalue weighted by atomic mass is 9.95.